The minimum atomic E-state index is 0.421. The van der Waals surface area contributed by atoms with Gasteiger partial charge in [0, 0.05) is 25.1 Å². The Morgan fingerprint density at radius 3 is 2.30 bits per heavy atom. The largest absolute Gasteiger partial charge is 0.355 e. The number of likely N-dealkylation sites (N-methyl/N-ethyl adjacent to an activating group) is 1. The third-order valence-corrected chi connectivity index (χ3v) is 5.87. The maximum Gasteiger partial charge on any atom is 0.124 e. The Morgan fingerprint density at radius 1 is 1.03 bits per heavy atom. The third-order valence-electron chi connectivity index (χ3n) is 5.87. The van der Waals surface area contributed by atoms with E-state index in [0.717, 1.165) is 12.3 Å². The van der Waals surface area contributed by atoms with Gasteiger partial charge in [0.2, 0.25) is 0 Å². The maximum atomic E-state index is 2.38. The van der Waals surface area contributed by atoms with Crippen LogP contribution in [0.2, 0.25) is 0 Å². The monoisotopic (exact) mass is 412 g/mol. The van der Waals surface area contributed by atoms with E-state index in [4.69, 9.17) is 0 Å². The van der Waals surface area contributed by atoms with Gasteiger partial charge in [-0.3, -0.25) is 0 Å². The molecule has 0 spiro atoms. The van der Waals surface area contributed by atoms with E-state index in [-0.39, 0.29) is 0 Å². The highest BCUT2D eigenvalue weighted by atomic mass is 15.4. The lowest BCUT2D eigenvalue weighted by atomic mass is 9.75. The number of allylic oxidation sites excluding steroid dienone is 7. The van der Waals surface area contributed by atoms with Crippen LogP contribution in [0, 0.1) is 11.3 Å². The summed E-state index contributed by atoms with van der Waals surface area (Å²) in [5, 5.41) is 0. The van der Waals surface area contributed by atoms with Gasteiger partial charge in [-0.2, -0.15) is 0 Å². The number of hydrogen-bond acceptors (Lipinski definition) is 2. The van der Waals surface area contributed by atoms with Crippen LogP contribution in [0.25, 0.3) is 0 Å². The zero-order valence-corrected chi connectivity index (χ0v) is 21.3. The van der Waals surface area contributed by atoms with E-state index in [1.165, 1.54) is 37.8 Å². The Bertz CT molecular complexity index is 655. The molecule has 0 aromatic heterocycles. The molecule has 0 aromatic rings. The van der Waals surface area contributed by atoms with Gasteiger partial charge in [-0.25, -0.2) is 0 Å². The molecule has 0 saturated carbocycles. The van der Waals surface area contributed by atoms with Gasteiger partial charge in [0.1, 0.15) is 6.17 Å². The van der Waals surface area contributed by atoms with Crippen LogP contribution in [-0.2, 0) is 0 Å². The molecule has 2 aliphatic carbocycles. The number of hydrogen-bond donors (Lipinski definition) is 0. The van der Waals surface area contributed by atoms with E-state index in [1.54, 1.807) is 11.1 Å². The summed E-state index contributed by atoms with van der Waals surface area (Å²) >= 11 is 0. The van der Waals surface area contributed by atoms with Gasteiger partial charge in [-0.05, 0) is 61.2 Å². The molecule has 2 nitrogen and oxygen atoms in total. The van der Waals surface area contributed by atoms with Crippen molar-refractivity contribution in [2.75, 3.05) is 7.05 Å². The first-order chi connectivity index (χ1) is 14.3. The summed E-state index contributed by atoms with van der Waals surface area (Å²) in [5.41, 5.74) is 5.30. The van der Waals surface area contributed by atoms with Crippen molar-refractivity contribution in [3.8, 4) is 0 Å². The highest BCUT2D eigenvalue weighted by molar-refractivity contribution is 5.35. The molecule has 4 rings (SSSR count). The first-order valence-corrected chi connectivity index (χ1v) is 12.3. The molecule has 0 aromatic carbocycles. The van der Waals surface area contributed by atoms with Gasteiger partial charge < -0.3 is 9.80 Å². The van der Waals surface area contributed by atoms with E-state index in [1.807, 2.05) is 13.8 Å². The smallest absolute Gasteiger partial charge is 0.124 e. The van der Waals surface area contributed by atoms with Gasteiger partial charge >= 0.3 is 0 Å². The lowest BCUT2D eigenvalue weighted by Gasteiger charge is -2.30. The fraction of sp³-hybridized carbons (Fsp3) is 0.643. The minimum absolute atomic E-state index is 0.421. The molecule has 0 radical (unpaired) electrons. The number of rotatable bonds is 1. The van der Waals surface area contributed by atoms with Crippen molar-refractivity contribution in [2.45, 2.75) is 100 Å². The van der Waals surface area contributed by atoms with Gasteiger partial charge in [-0.1, -0.05) is 85.6 Å². The van der Waals surface area contributed by atoms with Crippen molar-refractivity contribution in [2.24, 2.45) is 11.3 Å². The summed E-state index contributed by atoms with van der Waals surface area (Å²) in [6.07, 6.45) is 23.5. The second-order valence-corrected chi connectivity index (χ2v) is 9.34. The predicted molar refractivity (Wildman–Crippen MR) is 135 cm³/mol. The molecule has 0 saturated heterocycles. The fourth-order valence-electron chi connectivity index (χ4n) is 4.54. The molecular formula is C28H48N2. The molecule has 2 atom stereocenters. The highest BCUT2D eigenvalue weighted by Gasteiger charge is 2.33. The van der Waals surface area contributed by atoms with E-state index < -0.39 is 0 Å². The Hall–Kier alpha value is -1.70. The zero-order valence-electron chi connectivity index (χ0n) is 21.3. The average molecular weight is 413 g/mol. The first kappa shape index (κ1) is 26.3. The summed E-state index contributed by atoms with van der Waals surface area (Å²) in [6, 6.07) is 0. The van der Waals surface area contributed by atoms with Crippen molar-refractivity contribution in [3.63, 3.8) is 0 Å². The van der Waals surface area contributed by atoms with Crippen LogP contribution in [0.15, 0.2) is 59.6 Å². The molecule has 170 valence electrons. The molecular weight excluding hydrogens is 364 g/mol. The van der Waals surface area contributed by atoms with Crippen LogP contribution in [0.4, 0.5) is 0 Å². The molecule has 2 aliphatic heterocycles. The van der Waals surface area contributed by atoms with Crippen LogP contribution in [0.3, 0.4) is 0 Å². The van der Waals surface area contributed by atoms with Gasteiger partial charge in [0.15, 0.2) is 0 Å². The van der Waals surface area contributed by atoms with Crippen LogP contribution < -0.4 is 0 Å². The number of nitrogens with zero attached hydrogens (tertiary/aromatic N) is 2. The Balaban J connectivity index is 0.000000248. The zero-order chi connectivity index (χ0) is 22.7. The van der Waals surface area contributed by atoms with E-state index >= 15 is 0 Å². The Kier molecular flexibility index (Phi) is 11.3. The molecule has 2 unspecified atom stereocenters. The van der Waals surface area contributed by atoms with E-state index in [9.17, 15) is 0 Å². The standard InChI is InChI=1S/C13H20.C10H14N2.C3H8.C2H6/c1-13(2,3)12-9-8-10-6-4-5-7-11(10)12;1-3-9-8-11(2)10-6-4-5-7-12(9)10;1-3-2;1-2/h4,6,12H,5,7-9H2,1-3H3;4-8,10H,3H2,1-2H3;3H2,1-2H3;1-2H3. The summed E-state index contributed by atoms with van der Waals surface area (Å²) in [5.74, 6) is 0.854. The molecule has 4 aliphatic rings. The fourth-order valence-corrected chi connectivity index (χ4v) is 4.54. The summed E-state index contributed by atoms with van der Waals surface area (Å²) in [6.45, 7) is 17.6. The van der Waals surface area contributed by atoms with Crippen LogP contribution >= 0.6 is 0 Å². The number of fused-ring (bicyclic) bond motifs is 1. The normalized spacial score (nSPS) is 23.4. The van der Waals surface area contributed by atoms with Gasteiger partial charge in [0.25, 0.3) is 0 Å². The van der Waals surface area contributed by atoms with Crippen molar-refractivity contribution < 1.29 is 0 Å². The van der Waals surface area contributed by atoms with Crippen LogP contribution in [0.5, 0.6) is 0 Å². The predicted octanol–water partition coefficient (Wildman–Crippen LogP) is 8.43. The van der Waals surface area contributed by atoms with Gasteiger partial charge in [-0.15, -0.1) is 0 Å². The van der Waals surface area contributed by atoms with Crippen molar-refractivity contribution in [1.82, 2.24) is 9.80 Å². The van der Waals surface area contributed by atoms with Crippen molar-refractivity contribution >= 4 is 0 Å². The first-order valence-electron chi connectivity index (χ1n) is 12.3. The lowest BCUT2D eigenvalue weighted by Crippen LogP contribution is -2.33. The molecule has 30 heavy (non-hydrogen) atoms. The van der Waals surface area contributed by atoms with Gasteiger partial charge in [0.05, 0.1) is 0 Å². The lowest BCUT2D eigenvalue weighted by molar-refractivity contribution is 0.264. The second-order valence-electron chi connectivity index (χ2n) is 9.34. The molecule has 2 heterocycles. The minimum Gasteiger partial charge on any atom is -0.355 e. The van der Waals surface area contributed by atoms with Crippen LogP contribution in [0.1, 0.15) is 93.9 Å². The third kappa shape index (κ3) is 6.93. The topological polar surface area (TPSA) is 6.48 Å². The average Bonchev–Trinajstić information content (AvgIpc) is 3.32. The Labute approximate surface area is 188 Å². The van der Waals surface area contributed by atoms with E-state index in [2.05, 4.69) is 101 Å². The molecule has 0 N–H and O–H groups in total. The van der Waals surface area contributed by atoms with Crippen molar-refractivity contribution in [1.29, 1.82) is 0 Å². The highest BCUT2D eigenvalue weighted by Crippen LogP contribution is 2.46. The molecule has 2 heteroatoms. The van der Waals surface area contributed by atoms with Crippen LogP contribution in [-0.4, -0.2) is 23.0 Å². The summed E-state index contributed by atoms with van der Waals surface area (Å²) in [4.78, 5) is 4.54. The SMILES string of the molecule is CC.CC(C)(C)C1CCC2=C1CCC=C2.CCC.CCC1=CN(C)C2C=CC=CN12. The molecule has 0 fully saturated rings. The maximum absolute atomic E-state index is 2.38. The van der Waals surface area contributed by atoms with E-state index in [0.29, 0.717) is 11.6 Å². The van der Waals surface area contributed by atoms with Crippen molar-refractivity contribution in [3.05, 3.63) is 59.6 Å². The molecule has 0 amide bonds. The summed E-state index contributed by atoms with van der Waals surface area (Å²) < 4.78 is 0. The Morgan fingerprint density at radius 2 is 1.70 bits per heavy atom. The quantitative estimate of drug-likeness (QED) is 0.426. The molecule has 0 bridgehead atoms. The summed E-state index contributed by atoms with van der Waals surface area (Å²) in [7, 11) is 2.11. The second kappa shape index (κ2) is 12.9.